The molecule has 1 saturated heterocycles. The quantitative estimate of drug-likeness (QED) is 0.435. The molecule has 2 aromatic heterocycles. The summed E-state index contributed by atoms with van der Waals surface area (Å²) in [6, 6.07) is 13.5. The molecule has 1 unspecified atom stereocenters. The number of hydrogen-bond acceptors (Lipinski definition) is 6. The van der Waals surface area contributed by atoms with Crippen LogP contribution in [0.4, 0.5) is 4.39 Å². The Morgan fingerprint density at radius 2 is 1.91 bits per heavy atom. The highest BCUT2D eigenvalue weighted by Crippen LogP contribution is 2.31. The van der Waals surface area contributed by atoms with Gasteiger partial charge in [-0.3, -0.25) is 9.69 Å². The summed E-state index contributed by atoms with van der Waals surface area (Å²) < 4.78 is 20.8. The van der Waals surface area contributed by atoms with Gasteiger partial charge in [0.05, 0.1) is 13.2 Å². The molecule has 9 heteroatoms. The van der Waals surface area contributed by atoms with Crippen LogP contribution < -0.4 is 10.3 Å². The van der Waals surface area contributed by atoms with Crippen LogP contribution in [0.15, 0.2) is 53.3 Å². The van der Waals surface area contributed by atoms with Gasteiger partial charge in [0.1, 0.15) is 17.6 Å². The number of rotatable bonds is 7. The molecular formula is C26H29FN6O2. The van der Waals surface area contributed by atoms with E-state index >= 15 is 0 Å². The monoisotopic (exact) mass is 476 g/mol. The van der Waals surface area contributed by atoms with Crippen molar-refractivity contribution in [2.45, 2.75) is 39.3 Å². The number of pyridine rings is 1. The first-order valence-electron chi connectivity index (χ1n) is 12.1. The van der Waals surface area contributed by atoms with E-state index in [4.69, 9.17) is 4.74 Å². The summed E-state index contributed by atoms with van der Waals surface area (Å²) in [6.45, 7) is 6.81. The fraction of sp³-hybridized carbons (Fsp3) is 0.385. The normalized spacial score (nSPS) is 16.0. The number of benzene rings is 2. The Balaban J connectivity index is 1.59. The molecule has 4 aromatic rings. The fourth-order valence-electron chi connectivity index (χ4n) is 4.73. The minimum absolute atomic E-state index is 0.165. The molecule has 8 nitrogen and oxygen atoms in total. The van der Waals surface area contributed by atoms with Crippen molar-refractivity contribution in [3.63, 3.8) is 0 Å². The third-order valence-corrected chi connectivity index (χ3v) is 6.68. The van der Waals surface area contributed by atoms with Crippen molar-refractivity contribution in [1.29, 1.82) is 0 Å². The Hall–Kier alpha value is -3.59. The summed E-state index contributed by atoms with van der Waals surface area (Å²) in [5, 5.41) is 13.4. The summed E-state index contributed by atoms with van der Waals surface area (Å²) >= 11 is 0. The van der Waals surface area contributed by atoms with Crippen molar-refractivity contribution in [2.75, 3.05) is 19.7 Å². The van der Waals surface area contributed by atoms with Gasteiger partial charge in [0, 0.05) is 16.5 Å². The summed E-state index contributed by atoms with van der Waals surface area (Å²) in [6.07, 6.45) is 2.08. The number of piperidine rings is 1. The molecule has 1 aliphatic heterocycles. The van der Waals surface area contributed by atoms with Gasteiger partial charge in [-0.25, -0.2) is 9.07 Å². The summed E-state index contributed by atoms with van der Waals surface area (Å²) in [7, 11) is 0. The summed E-state index contributed by atoms with van der Waals surface area (Å²) in [4.78, 5) is 18.7. The van der Waals surface area contributed by atoms with Gasteiger partial charge in [-0.1, -0.05) is 19.1 Å². The van der Waals surface area contributed by atoms with Crippen molar-refractivity contribution in [3.05, 3.63) is 81.7 Å². The molecule has 1 aliphatic rings. The van der Waals surface area contributed by atoms with E-state index in [1.165, 1.54) is 12.1 Å². The molecule has 0 radical (unpaired) electrons. The van der Waals surface area contributed by atoms with Gasteiger partial charge in [-0.2, -0.15) is 0 Å². The Bertz CT molecular complexity index is 1360. The molecule has 5 rings (SSSR count). The molecule has 182 valence electrons. The largest absolute Gasteiger partial charge is 0.494 e. The number of aromatic amines is 1. The molecule has 0 aliphatic carbocycles. The maximum atomic E-state index is 13.4. The van der Waals surface area contributed by atoms with E-state index < -0.39 is 6.04 Å². The first kappa shape index (κ1) is 23.2. The van der Waals surface area contributed by atoms with Crippen molar-refractivity contribution in [3.8, 4) is 5.75 Å². The maximum Gasteiger partial charge on any atom is 0.253 e. The van der Waals surface area contributed by atoms with Gasteiger partial charge >= 0.3 is 0 Å². The van der Waals surface area contributed by atoms with Gasteiger partial charge in [-0.05, 0) is 91.2 Å². The Kier molecular flexibility index (Phi) is 6.59. The average molecular weight is 477 g/mol. The third-order valence-electron chi connectivity index (χ3n) is 6.68. The molecule has 1 N–H and O–H groups in total. The van der Waals surface area contributed by atoms with E-state index in [1.54, 1.807) is 16.8 Å². The number of nitrogens with zero attached hydrogens (tertiary/aromatic N) is 5. The number of fused-ring (bicyclic) bond motifs is 1. The minimum Gasteiger partial charge on any atom is -0.494 e. The third kappa shape index (κ3) is 4.95. The van der Waals surface area contributed by atoms with Crippen LogP contribution in [0.2, 0.25) is 0 Å². The van der Waals surface area contributed by atoms with Crippen LogP contribution in [-0.2, 0) is 6.54 Å². The number of ether oxygens (including phenoxy) is 1. The van der Waals surface area contributed by atoms with E-state index in [0.717, 1.165) is 48.1 Å². The zero-order chi connectivity index (χ0) is 24.4. The molecular weight excluding hydrogens is 447 g/mol. The minimum atomic E-state index is -0.415. The summed E-state index contributed by atoms with van der Waals surface area (Å²) in [5.41, 5.74) is 2.05. The molecule has 3 heterocycles. The second kappa shape index (κ2) is 9.95. The highest BCUT2D eigenvalue weighted by Gasteiger charge is 2.32. The van der Waals surface area contributed by atoms with E-state index in [9.17, 15) is 9.18 Å². The number of nitrogens with one attached hydrogen (secondary N) is 1. The highest BCUT2D eigenvalue weighted by molar-refractivity contribution is 5.80. The van der Waals surface area contributed by atoms with Gasteiger partial charge in [0.15, 0.2) is 5.82 Å². The van der Waals surface area contributed by atoms with Crippen LogP contribution in [0.3, 0.4) is 0 Å². The first-order chi connectivity index (χ1) is 17.0. The zero-order valence-electron chi connectivity index (χ0n) is 19.9. The van der Waals surface area contributed by atoms with Gasteiger partial charge in [0.25, 0.3) is 5.56 Å². The van der Waals surface area contributed by atoms with Gasteiger partial charge in [0.2, 0.25) is 0 Å². The predicted molar refractivity (Wildman–Crippen MR) is 131 cm³/mol. The van der Waals surface area contributed by atoms with Crippen LogP contribution in [0, 0.1) is 11.7 Å². The first-order valence-corrected chi connectivity index (χ1v) is 12.1. The number of tetrazole rings is 1. The lowest BCUT2D eigenvalue weighted by Crippen LogP contribution is -2.40. The molecule has 2 aromatic carbocycles. The predicted octanol–water partition coefficient (Wildman–Crippen LogP) is 3.92. The number of halogens is 1. The highest BCUT2D eigenvalue weighted by atomic mass is 19.1. The lowest BCUT2D eigenvalue weighted by molar-refractivity contribution is 0.149. The zero-order valence-corrected chi connectivity index (χ0v) is 19.9. The topological polar surface area (TPSA) is 88.9 Å². The molecule has 35 heavy (non-hydrogen) atoms. The Morgan fingerprint density at radius 1 is 1.14 bits per heavy atom. The van der Waals surface area contributed by atoms with Crippen molar-refractivity contribution >= 4 is 10.9 Å². The lowest BCUT2D eigenvalue weighted by Gasteiger charge is -2.35. The SMILES string of the molecule is CCOc1ccc2[nH]c(=O)c(C(c3nnnn3Cc3ccc(F)cc3)N3CCC(C)CC3)cc2c1. The van der Waals surface area contributed by atoms with Crippen molar-refractivity contribution in [1.82, 2.24) is 30.1 Å². The Labute approximate surface area is 202 Å². The second-order valence-electron chi connectivity index (χ2n) is 9.18. The van der Waals surface area contributed by atoms with Crippen molar-refractivity contribution in [2.24, 2.45) is 5.92 Å². The Morgan fingerprint density at radius 3 is 2.66 bits per heavy atom. The molecule has 0 amide bonds. The van der Waals surface area contributed by atoms with Crippen LogP contribution in [0.5, 0.6) is 5.75 Å². The average Bonchev–Trinajstić information content (AvgIpc) is 3.30. The van der Waals surface area contributed by atoms with Crippen LogP contribution in [0.1, 0.15) is 49.7 Å². The van der Waals surface area contributed by atoms with E-state index in [0.29, 0.717) is 30.5 Å². The molecule has 0 bridgehead atoms. The lowest BCUT2D eigenvalue weighted by atomic mass is 9.95. The van der Waals surface area contributed by atoms with Gasteiger partial charge < -0.3 is 9.72 Å². The molecule has 1 atom stereocenters. The maximum absolute atomic E-state index is 13.4. The van der Waals surface area contributed by atoms with Crippen LogP contribution in [-0.4, -0.2) is 49.8 Å². The standard InChI is InChI=1S/C26H29FN6O2/c1-3-35-21-8-9-23-19(14-21)15-22(26(34)28-23)24(32-12-10-17(2)11-13-32)25-29-30-31-33(25)16-18-4-6-20(27)7-5-18/h4-9,14-15,17,24H,3,10-13,16H2,1-2H3,(H,28,34). The van der Waals surface area contributed by atoms with E-state index in [1.807, 2.05) is 31.2 Å². The van der Waals surface area contributed by atoms with Crippen molar-refractivity contribution < 1.29 is 9.13 Å². The second-order valence-corrected chi connectivity index (χ2v) is 9.18. The van der Waals surface area contributed by atoms with Crippen LogP contribution >= 0.6 is 0 Å². The molecule has 0 spiro atoms. The summed E-state index contributed by atoms with van der Waals surface area (Å²) in [5.74, 6) is 1.68. The molecule has 0 saturated carbocycles. The number of hydrogen-bond donors (Lipinski definition) is 1. The van der Waals surface area contributed by atoms with E-state index in [2.05, 4.69) is 32.3 Å². The van der Waals surface area contributed by atoms with E-state index in [-0.39, 0.29) is 11.4 Å². The number of H-pyrrole nitrogens is 1. The smallest absolute Gasteiger partial charge is 0.253 e. The molecule has 1 fully saturated rings. The fourth-order valence-corrected chi connectivity index (χ4v) is 4.73. The van der Waals surface area contributed by atoms with Gasteiger partial charge in [-0.15, -0.1) is 5.10 Å². The number of aromatic nitrogens is 5. The van der Waals surface area contributed by atoms with Crippen LogP contribution in [0.25, 0.3) is 10.9 Å². The number of likely N-dealkylation sites (tertiary alicyclic amines) is 1.